The molecule has 4 unspecified atom stereocenters. The van der Waals surface area contributed by atoms with Gasteiger partial charge in [-0.25, -0.2) is 0 Å². The maximum Gasteiger partial charge on any atom is 0.308 e. The van der Waals surface area contributed by atoms with E-state index in [2.05, 4.69) is 0 Å². The Morgan fingerprint density at radius 2 is 1.95 bits per heavy atom. The molecule has 2 aliphatic rings. The predicted octanol–water partition coefficient (Wildman–Crippen LogP) is 3.01. The van der Waals surface area contributed by atoms with Crippen LogP contribution in [0.5, 0.6) is 0 Å². The molecule has 1 aliphatic carbocycles. The highest BCUT2D eigenvalue weighted by Gasteiger charge is 2.47. The number of piperidine rings is 1. The monoisotopic (exact) mass is 321 g/mol. The minimum atomic E-state index is -0.803. The number of benzene rings is 1. The summed E-state index contributed by atoms with van der Waals surface area (Å²) >= 11 is 6.20. The summed E-state index contributed by atoms with van der Waals surface area (Å²) in [6.45, 7) is 3.01. The third kappa shape index (κ3) is 2.98. The number of aliphatic carboxylic acids is 1. The topological polar surface area (TPSA) is 57.6 Å². The van der Waals surface area contributed by atoms with Crippen molar-refractivity contribution >= 4 is 23.5 Å². The molecule has 1 aromatic carbocycles. The Morgan fingerprint density at radius 3 is 2.64 bits per heavy atom. The molecule has 1 amide bonds. The number of hydrogen-bond donors (Lipinski definition) is 1. The number of amides is 1. The lowest BCUT2D eigenvalue weighted by Gasteiger charge is -2.35. The Balaban J connectivity index is 1.68. The van der Waals surface area contributed by atoms with E-state index in [1.54, 1.807) is 4.90 Å². The van der Waals surface area contributed by atoms with Crippen molar-refractivity contribution in [2.75, 3.05) is 13.1 Å². The summed E-state index contributed by atoms with van der Waals surface area (Å²) in [4.78, 5) is 25.6. The van der Waals surface area contributed by atoms with Crippen LogP contribution in [0.1, 0.15) is 31.2 Å². The smallest absolute Gasteiger partial charge is 0.308 e. The standard InChI is InChI=1S/C17H20ClNO3/c1-10-6-11(17(21)22)9-19(8-10)16(20)14-7-13(14)12-4-2-3-5-15(12)18/h2-5,10-11,13-14H,6-9H2,1H3,(H,21,22). The fraction of sp³-hybridized carbons (Fsp3) is 0.529. The molecule has 118 valence electrons. The zero-order chi connectivity index (χ0) is 15.9. The van der Waals surface area contributed by atoms with Gasteiger partial charge in [-0.05, 0) is 36.3 Å². The molecule has 5 heteroatoms. The Labute approximate surface area is 135 Å². The maximum atomic E-state index is 12.7. The number of halogens is 1. The van der Waals surface area contributed by atoms with Gasteiger partial charge in [-0.1, -0.05) is 36.7 Å². The highest BCUT2D eigenvalue weighted by atomic mass is 35.5. The molecule has 0 bridgehead atoms. The van der Waals surface area contributed by atoms with Gasteiger partial charge in [0.15, 0.2) is 0 Å². The van der Waals surface area contributed by atoms with E-state index in [4.69, 9.17) is 11.6 Å². The minimum absolute atomic E-state index is 0.0420. The summed E-state index contributed by atoms with van der Waals surface area (Å²) in [5.74, 6) is -0.784. The van der Waals surface area contributed by atoms with Crippen LogP contribution in [-0.4, -0.2) is 35.0 Å². The van der Waals surface area contributed by atoms with Crippen LogP contribution in [0, 0.1) is 17.8 Å². The summed E-state index contributed by atoms with van der Waals surface area (Å²) < 4.78 is 0. The molecule has 1 saturated carbocycles. The van der Waals surface area contributed by atoms with Crippen LogP contribution in [0.2, 0.25) is 5.02 Å². The Kier molecular flexibility index (Phi) is 4.13. The van der Waals surface area contributed by atoms with Gasteiger partial charge in [0.25, 0.3) is 0 Å². The maximum absolute atomic E-state index is 12.7. The number of rotatable bonds is 3. The van der Waals surface area contributed by atoms with Crippen LogP contribution in [0.25, 0.3) is 0 Å². The second-order valence-corrected chi connectivity index (χ2v) is 7.00. The number of likely N-dealkylation sites (tertiary alicyclic amines) is 1. The van der Waals surface area contributed by atoms with Gasteiger partial charge in [0.2, 0.25) is 5.91 Å². The quantitative estimate of drug-likeness (QED) is 0.931. The lowest BCUT2D eigenvalue weighted by atomic mass is 9.90. The van der Waals surface area contributed by atoms with Crippen LogP contribution in [0.3, 0.4) is 0 Å². The van der Waals surface area contributed by atoms with Crippen molar-refractivity contribution in [3.63, 3.8) is 0 Å². The third-order valence-corrected chi connectivity index (χ3v) is 5.08. The first-order valence-corrected chi connectivity index (χ1v) is 8.11. The second kappa shape index (κ2) is 5.92. The van der Waals surface area contributed by atoms with E-state index in [9.17, 15) is 14.7 Å². The molecular formula is C17H20ClNO3. The third-order valence-electron chi connectivity index (χ3n) is 4.73. The molecule has 1 aliphatic heterocycles. The van der Waals surface area contributed by atoms with Gasteiger partial charge >= 0.3 is 5.97 Å². The van der Waals surface area contributed by atoms with E-state index < -0.39 is 11.9 Å². The molecule has 1 aromatic rings. The van der Waals surface area contributed by atoms with E-state index >= 15 is 0 Å². The van der Waals surface area contributed by atoms with Crippen molar-refractivity contribution in [3.8, 4) is 0 Å². The fourth-order valence-corrected chi connectivity index (χ4v) is 3.81. The van der Waals surface area contributed by atoms with E-state index in [1.807, 2.05) is 31.2 Å². The first kappa shape index (κ1) is 15.3. The average Bonchev–Trinajstić information content (AvgIpc) is 3.26. The Bertz CT molecular complexity index is 603. The lowest BCUT2D eigenvalue weighted by Crippen LogP contribution is -2.46. The van der Waals surface area contributed by atoms with Gasteiger partial charge in [-0.2, -0.15) is 0 Å². The van der Waals surface area contributed by atoms with Crippen molar-refractivity contribution in [2.24, 2.45) is 17.8 Å². The Hall–Kier alpha value is -1.55. The average molecular weight is 322 g/mol. The zero-order valence-electron chi connectivity index (χ0n) is 12.5. The van der Waals surface area contributed by atoms with E-state index in [0.29, 0.717) is 24.5 Å². The molecule has 1 saturated heterocycles. The molecule has 1 N–H and O–H groups in total. The normalized spacial score (nSPS) is 30.9. The van der Waals surface area contributed by atoms with Gasteiger partial charge in [-0.15, -0.1) is 0 Å². The number of nitrogens with zero attached hydrogens (tertiary/aromatic N) is 1. The Morgan fingerprint density at radius 1 is 1.23 bits per heavy atom. The summed E-state index contributed by atoms with van der Waals surface area (Å²) in [5, 5.41) is 9.93. The van der Waals surface area contributed by atoms with Crippen molar-refractivity contribution in [3.05, 3.63) is 34.9 Å². The molecule has 4 atom stereocenters. The largest absolute Gasteiger partial charge is 0.481 e. The zero-order valence-corrected chi connectivity index (χ0v) is 13.3. The van der Waals surface area contributed by atoms with Gasteiger partial charge in [0.1, 0.15) is 0 Å². The number of carboxylic acid groups (broad SMARTS) is 1. The van der Waals surface area contributed by atoms with Crippen LogP contribution >= 0.6 is 11.6 Å². The van der Waals surface area contributed by atoms with Gasteiger partial charge in [-0.3, -0.25) is 9.59 Å². The van der Waals surface area contributed by atoms with Gasteiger partial charge < -0.3 is 10.0 Å². The molecule has 0 spiro atoms. The van der Waals surface area contributed by atoms with Gasteiger partial charge in [0.05, 0.1) is 5.92 Å². The highest BCUT2D eigenvalue weighted by molar-refractivity contribution is 6.31. The minimum Gasteiger partial charge on any atom is -0.481 e. The number of hydrogen-bond acceptors (Lipinski definition) is 2. The first-order chi connectivity index (χ1) is 10.5. The van der Waals surface area contributed by atoms with E-state index in [-0.39, 0.29) is 23.7 Å². The second-order valence-electron chi connectivity index (χ2n) is 6.59. The molecule has 1 heterocycles. The number of carbonyl (C=O) groups excluding carboxylic acids is 1. The van der Waals surface area contributed by atoms with E-state index in [0.717, 1.165) is 12.0 Å². The van der Waals surface area contributed by atoms with Crippen molar-refractivity contribution < 1.29 is 14.7 Å². The van der Waals surface area contributed by atoms with Crippen LogP contribution in [0.15, 0.2) is 24.3 Å². The molecule has 4 nitrogen and oxygen atoms in total. The summed E-state index contributed by atoms with van der Waals surface area (Å²) in [6.07, 6.45) is 1.46. The molecule has 2 fully saturated rings. The highest BCUT2D eigenvalue weighted by Crippen LogP contribution is 2.50. The van der Waals surface area contributed by atoms with Crippen LogP contribution < -0.4 is 0 Å². The lowest BCUT2D eigenvalue weighted by molar-refractivity contribution is -0.147. The molecule has 0 radical (unpaired) electrons. The first-order valence-electron chi connectivity index (χ1n) is 7.73. The fourth-order valence-electron chi connectivity index (χ4n) is 3.53. The summed E-state index contributed by atoms with van der Waals surface area (Å²) in [6, 6.07) is 7.64. The van der Waals surface area contributed by atoms with Crippen LogP contribution in [0.4, 0.5) is 0 Å². The molecule has 22 heavy (non-hydrogen) atoms. The molecular weight excluding hydrogens is 302 g/mol. The number of carbonyl (C=O) groups is 2. The van der Waals surface area contributed by atoms with Crippen molar-refractivity contribution in [1.29, 1.82) is 0 Å². The predicted molar refractivity (Wildman–Crippen MR) is 83.8 cm³/mol. The SMILES string of the molecule is CC1CC(C(=O)O)CN(C(=O)C2CC2c2ccccc2Cl)C1. The molecule has 0 aromatic heterocycles. The molecule has 3 rings (SSSR count). The van der Waals surface area contributed by atoms with Crippen LogP contribution in [-0.2, 0) is 9.59 Å². The number of carboxylic acids is 1. The summed E-state index contributed by atoms with van der Waals surface area (Å²) in [5.41, 5.74) is 1.03. The van der Waals surface area contributed by atoms with E-state index in [1.165, 1.54) is 0 Å². The van der Waals surface area contributed by atoms with Crippen molar-refractivity contribution in [2.45, 2.75) is 25.7 Å². The van der Waals surface area contributed by atoms with Gasteiger partial charge in [0, 0.05) is 24.0 Å². The van der Waals surface area contributed by atoms with Crippen molar-refractivity contribution in [1.82, 2.24) is 4.90 Å². The summed E-state index contributed by atoms with van der Waals surface area (Å²) in [7, 11) is 0.